The van der Waals surface area contributed by atoms with E-state index in [0.29, 0.717) is 13.1 Å². The number of nitrogens with zero attached hydrogens (tertiary/aromatic N) is 2. The summed E-state index contributed by atoms with van der Waals surface area (Å²) in [5.74, 6) is 0.318. The van der Waals surface area contributed by atoms with Gasteiger partial charge in [-0.1, -0.05) is 13.8 Å². The van der Waals surface area contributed by atoms with E-state index in [1.807, 2.05) is 38.4 Å². The van der Waals surface area contributed by atoms with E-state index >= 15 is 0 Å². The fraction of sp³-hybridized carbons (Fsp3) is 0.615. The molecule has 2 rings (SSSR count). The van der Waals surface area contributed by atoms with E-state index in [2.05, 4.69) is 0 Å². The fourth-order valence-corrected chi connectivity index (χ4v) is 4.22. The van der Waals surface area contributed by atoms with Crippen molar-refractivity contribution in [2.75, 3.05) is 18.8 Å². The molecule has 1 amide bonds. The number of sulfone groups is 1. The Labute approximate surface area is 114 Å². The Bertz CT molecular complexity index is 528. The quantitative estimate of drug-likeness (QED) is 0.802. The molecule has 0 saturated carbocycles. The summed E-state index contributed by atoms with van der Waals surface area (Å²) >= 11 is 0. The molecular weight excluding hydrogens is 264 g/mol. The minimum atomic E-state index is -3.05. The molecule has 2 heterocycles. The number of rotatable bonds is 5. The Morgan fingerprint density at radius 1 is 1.26 bits per heavy atom. The Balaban J connectivity index is 1.84. The van der Waals surface area contributed by atoms with Gasteiger partial charge in [0.1, 0.15) is 6.54 Å². The number of hydrogen-bond donors (Lipinski definition) is 0. The highest BCUT2D eigenvalue weighted by molar-refractivity contribution is 7.92. The van der Waals surface area contributed by atoms with Crippen molar-refractivity contribution in [3.05, 3.63) is 24.5 Å². The lowest BCUT2D eigenvalue weighted by atomic mass is 10.2. The third-order valence-corrected chi connectivity index (χ3v) is 5.70. The number of aromatic nitrogens is 1. The maximum absolute atomic E-state index is 12.0. The first kappa shape index (κ1) is 14.1. The zero-order chi connectivity index (χ0) is 14.0. The molecule has 0 N–H and O–H groups in total. The summed E-state index contributed by atoms with van der Waals surface area (Å²) in [6, 6.07) is 3.72. The van der Waals surface area contributed by atoms with Crippen LogP contribution in [0.3, 0.4) is 0 Å². The van der Waals surface area contributed by atoms with Crippen molar-refractivity contribution in [1.29, 1.82) is 0 Å². The van der Waals surface area contributed by atoms with Crippen molar-refractivity contribution in [2.45, 2.75) is 25.6 Å². The molecule has 6 heteroatoms. The Hall–Kier alpha value is -1.30. The highest BCUT2D eigenvalue weighted by atomic mass is 32.2. The lowest BCUT2D eigenvalue weighted by molar-refractivity contribution is -0.135. The van der Waals surface area contributed by atoms with E-state index in [1.54, 1.807) is 9.47 Å². The normalized spacial score (nSPS) is 16.7. The molecule has 0 bridgehead atoms. The number of carbonyl (C=O) groups is 1. The third kappa shape index (κ3) is 3.37. The van der Waals surface area contributed by atoms with Gasteiger partial charge in [-0.3, -0.25) is 4.79 Å². The van der Waals surface area contributed by atoms with E-state index in [0.717, 1.165) is 0 Å². The lowest BCUT2D eigenvalue weighted by Gasteiger charge is -2.39. The second-order valence-corrected chi connectivity index (χ2v) is 7.83. The first-order valence-electron chi connectivity index (χ1n) is 6.48. The first-order chi connectivity index (χ1) is 8.88. The minimum Gasteiger partial charge on any atom is -0.345 e. The van der Waals surface area contributed by atoms with Crippen LogP contribution in [-0.4, -0.2) is 47.9 Å². The second kappa shape index (κ2) is 5.36. The Morgan fingerprint density at radius 3 is 2.37 bits per heavy atom. The summed E-state index contributed by atoms with van der Waals surface area (Å²) in [4.78, 5) is 13.5. The lowest BCUT2D eigenvalue weighted by Crippen LogP contribution is -2.58. The summed E-state index contributed by atoms with van der Waals surface area (Å²) in [6.07, 6.45) is 3.65. The summed E-state index contributed by atoms with van der Waals surface area (Å²) in [5.41, 5.74) is 0. The molecule has 0 aliphatic carbocycles. The summed E-state index contributed by atoms with van der Waals surface area (Å²) in [6.45, 7) is 4.75. The summed E-state index contributed by atoms with van der Waals surface area (Å²) in [5, 5.41) is -0.372. The average molecular weight is 284 g/mol. The third-order valence-electron chi connectivity index (χ3n) is 3.26. The van der Waals surface area contributed by atoms with Gasteiger partial charge >= 0.3 is 0 Å². The SMILES string of the molecule is CC(C)CS(=O)(=O)C1CN(C(=O)Cn2cccc2)C1. The van der Waals surface area contributed by atoms with E-state index < -0.39 is 9.84 Å². The van der Waals surface area contributed by atoms with Crippen LogP contribution in [0.15, 0.2) is 24.5 Å². The molecule has 1 aromatic heterocycles. The zero-order valence-electron chi connectivity index (χ0n) is 11.3. The Kier molecular flexibility index (Phi) is 3.99. The van der Waals surface area contributed by atoms with Crippen molar-refractivity contribution in [1.82, 2.24) is 9.47 Å². The topological polar surface area (TPSA) is 59.4 Å². The molecule has 106 valence electrons. The Morgan fingerprint density at radius 2 is 1.84 bits per heavy atom. The van der Waals surface area contributed by atoms with Gasteiger partial charge in [0.2, 0.25) is 5.91 Å². The van der Waals surface area contributed by atoms with Gasteiger partial charge in [-0.2, -0.15) is 0 Å². The maximum Gasteiger partial charge on any atom is 0.242 e. The van der Waals surface area contributed by atoms with Gasteiger partial charge in [0.25, 0.3) is 0 Å². The predicted molar refractivity (Wildman–Crippen MR) is 73.4 cm³/mol. The van der Waals surface area contributed by atoms with E-state index in [1.165, 1.54) is 0 Å². The van der Waals surface area contributed by atoms with E-state index in [9.17, 15) is 13.2 Å². The molecule has 1 saturated heterocycles. The van der Waals surface area contributed by atoms with Crippen molar-refractivity contribution >= 4 is 15.7 Å². The molecule has 0 radical (unpaired) electrons. The first-order valence-corrected chi connectivity index (χ1v) is 8.20. The minimum absolute atomic E-state index is 0.0211. The average Bonchev–Trinajstić information content (AvgIpc) is 2.64. The van der Waals surface area contributed by atoms with Crippen LogP contribution in [0.1, 0.15) is 13.8 Å². The van der Waals surface area contributed by atoms with Gasteiger partial charge in [0.15, 0.2) is 9.84 Å². The van der Waals surface area contributed by atoms with Crippen LogP contribution >= 0.6 is 0 Å². The van der Waals surface area contributed by atoms with Crippen LogP contribution in [0.4, 0.5) is 0 Å². The van der Waals surface area contributed by atoms with Gasteiger partial charge in [-0.15, -0.1) is 0 Å². The molecule has 1 aliphatic rings. The highest BCUT2D eigenvalue weighted by Crippen LogP contribution is 2.19. The molecule has 1 aliphatic heterocycles. The maximum atomic E-state index is 12.0. The molecule has 0 atom stereocenters. The molecule has 0 aromatic carbocycles. The fourth-order valence-electron chi connectivity index (χ4n) is 2.20. The largest absolute Gasteiger partial charge is 0.345 e. The van der Waals surface area contributed by atoms with Gasteiger partial charge in [0, 0.05) is 25.5 Å². The van der Waals surface area contributed by atoms with Gasteiger partial charge in [-0.25, -0.2) is 8.42 Å². The number of amides is 1. The highest BCUT2D eigenvalue weighted by Gasteiger charge is 2.39. The standard InChI is InChI=1S/C13H20N2O3S/c1-11(2)10-19(17,18)12-7-15(8-12)13(16)9-14-5-3-4-6-14/h3-6,11-12H,7-10H2,1-2H3. The van der Waals surface area contributed by atoms with Gasteiger partial charge in [-0.05, 0) is 18.1 Å². The van der Waals surface area contributed by atoms with Crippen LogP contribution in [-0.2, 0) is 21.2 Å². The number of carbonyl (C=O) groups excluding carboxylic acids is 1. The van der Waals surface area contributed by atoms with Crippen LogP contribution in [0.2, 0.25) is 0 Å². The van der Waals surface area contributed by atoms with Crippen molar-refractivity contribution in [3.63, 3.8) is 0 Å². The number of hydrogen-bond acceptors (Lipinski definition) is 3. The molecule has 19 heavy (non-hydrogen) atoms. The van der Waals surface area contributed by atoms with Crippen LogP contribution < -0.4 is 0 Å². The van der Waals surface area contributed by atoms with Crippen molar-refractivity contribution < 1.29 is 13.2 Å². The zero-order valence-corrected chi connectivity index (χ0v) is 12.1. The van der Waals surface area contributed by atoms with E-state index in [-0.39, 0.29) is 29.4 Å². The van der Waals surface area contributed by atoms with Crippen LogP contribution in [0.5, 0.6) is 0 Å². The van der Waals surface area contributed by atoms with Gasteiger partial charge in [0.05, 0.1) is 11.0 Å². The second-order valence-electron chi connectivity index (χ2n) is 5.50. The molecule has 1 aromatic rings. The van der Waals surface area contributed by atoms with Gasteiger partial charge < -0.3 is 9.47 Å². The van der Waals surface area contributed by atoms with Crippen LogP contribution in [0.25, 0.3) is 0 Å². The molecular formula is C13H20N2O3S. The molecule has 0 unspecified atom stereocenters. The molecule has 5 nitrogen and oxygen atoms in total. The predicted octanol–water partition coefficient (Wildman–Crippen LogP) is 0.770. The van der Waals surface area contributed by atoms with Crippen molar-refractivity contribution in [2.24, 2.45) is 5.92 Å². The number of likely N-dealkylation sites (tertiary alicyclic amines) is 1. The van der Waals surface area contributed by atoms with Crippen molar-refractivity contribution in [3.8, 4) is 0 Å². The summed E-state index contributed by atoms with van der Waals surface area (Å²) < 4.78 is 25.7. The monoisotopic (exact) mass is 284 g/mol. The summed E-state index contributed by atoms with van der Waals surface area (Å²) in [7, 11) is -3.05. The molecule has 1 fully saturated rings. The van der Waals surface area contributed by atoms with E-state index in [4.69, 9.17) is 0 Å². The smallest absolute Gasteiger partial charge is 0.242 e. The molecule has 0 spiro atoms. The van der Waals surface area contributed by atoms with Crippen LogP contribution in [0, 0.1) is 5.92 Å².